The van der Waals surface area contributed by atoms with Gasteiger partial charge in [-0.1, -0.05) is 97.7 Å². The van der Waals surface area contributed by atoms with E-state index < -0.39 is 6.16 Å². The number of imidazole rings is 1. The molecule has 5 rings (SSSR count). The number of tetrazole rings is 1. The van der Waals surface area contributed by atoms with Gasteiger partial charge < -0.3 is 14.0 Å². The van der Waals surface area contributed by atoms with Gasteiger partial charge in [0.25, 0.3) is 0 Å². The molecule has 0 unspecified atom stereocenters. The number of aromatic nitrogens is 6. The molecule has 0 spiro atoms. The molecule has 0 radical (unpaired) electrons. The molecule has 47 heavy (non-hydrogen) atoms. The van der Waals surface area contributed by atoms with E-state index in [1.54, 1.807) is 24.3 Å². The van der Waals surface area contributed by atoms with Gasteiger partial charge in [-0.25, -0.2) is 14.6 Å². The molecule has 2 heterocycles. The molecule has 0 saturated carbocycles. The van der Waals surface area contributed by atoms with Gasteiger partial charge in [0.15, 0.2) is 11.4 Å². The van der Waals surface area contributed by atoms with Crippen LogP contribution in [0.4, 0.5) is 4.79 Å². The number of ether oxygens (including phenoxy) is 2. The molecule has 2 N–H and O–H groups in total. The summed E-state index contributed by atoms with van der Waals surface area (Å²) >= 11 is 6.24. The second-order valence-corrected chi connectivity index (χ2v) is 10.8. The molecule has 0 aliphatic heterocycles. The summed E-state index contributed by atoms with van der Waals surface area (Å²) in [4.78, 5) is 34.0. The van der Waals surface area contributed by atoms with Crippen molar-refractivity contribution in [3.63, 3.8) is 0 Å². The third-order valence-electron chi connectivity index (χ3n) is 7.13. The summed E-state index contributed by atoms with van der Waals surface area (Å²) in [5, 5.41) is 29.8. The van der Waals surface area contributed by atoms with Crippen LogP contribution in [-0.4, -0.2) is 58.0 Å². The predicted molar refractivity (Wildman–Crippen MR) is 167 cm³/mol. The molecule has 244 valence electrons. The van der Waals surface area contributed by atoms with Crippen molar-refractivity contribution in [3.05, 3.63) is 106 Å². The highest BCUT2D eigenvalue weighted by atomic mass is 35.5. The maximum absolute atomic E-state index is 12.2. The Hall–Kier alpha value is -4.99. The number of nitrogens with zero attached hydrogens (tertiary/aromatic N) is 7. The Morgan fingerprint density at radius 1 is 0.957 bits per heavy atom. The normalized spacial score (nSPS) is 11.2. The Bertz CT molecular complexity index is 1810. The summed E-state index contributed by atoms with van der Waals surface area (Å²) in [6.45, 7) is 2.07. The van der Waals surface area contributed by atoms with Gasteiger partial charge in [0, 0.05) is 18.5 Å². The molecule has 2 aromatic heterocycles. The van der Waals surface area contributed by atoms with E-state index in [2.05, 4.69) is 32.2 Å². The first-order chi connectivity index (χ1) is 22.8. The van der Waals surface area contributed by atoms with E-state index in [-0.39, 0.29) is 30.5 Å². The quantitative estimate of drug-likeness (QED) is 0.0777. The lowest BCUT2D eigenvalue weighted by Crippen LogP contribution is -2.14. The van der Waals surface area contributed by atoms with Crippen molar-refractivity contribution in [1.82, 2.24) is 35.1 Å². The third kappa shape index (κ3) is 8.84. The molecule has 0 amide bonds. The van der Waals surface area contributed by atoms with Gasteiger partial charge in [-0.05, 0) is 39.5 Å². The Morgan fingerprint density at radius 2 is 1.70 bits per heavy atom. The average Bonchev–Trinajstić information content (AvgIpc) is 3.68. The zero-order valence-electron chi connectivity index (χ0n) is 25.4. The van der Waals surface area contributed by atoms with E-state index in [0.717, 1.165) is 58.4 Å². The Balaban J connectivity index is 1.21. The maximum Gasteiger partial charge on any atom is 0.510 e. The Kier molecular flexibility index (Phi) is 11.4. The lowest BCUT2D eigenvalue weighted by Gasteiger charge is -2.11. The first kappa shape index (κ1) is 33.4. The monoisotopic (exact) mass is 661 g/mol. The van der Waals surface area contributed by atoms with Crippen molar-refractivity contribution in [1.29, 1.82) is 0 Å². The molecule has 0 fully saturated rings. The second kappa shape index (κ2) is 16.0. The highest BCUT2D eigenvalue weighted by Gasteiger charge is 2.17. The SMILES string of the molecule is CCCCc1nc(Cl)c(C=O)n1Cc1ccc(-c2ccccc2-c2nnn(COC(=O)OCc3cccc(CON(O)O)c3)n2)cc1. The van der Waals surface area contributed by atoms with Crippen LogP contribution in [0, 0.1) is 0 Å². The largest absolute Gasteiger partial charge is 0.510 e. The first-order valence-electron chi connectivity index (χ1n) is 14.7. The summed E-state index contributed by atoms with van der Waals surface area (Å²) in [7, 11) is 0. The number of aldehydes is 1. The van der Waals surface area contributed by atoms with Crippen molar-refractivity contribution >= 4 is 24.0 Å². The number of halogens is 1. The van der Waals surface area contributed by atoms with E-state index in [0.29, 0.717) is 29.2 Å². The van der Waals surface area contributed by atoms with E-state index in [1.807, 2.05) is 53.1 Å². The van der Waals surface area contributed by atoms with E-state index in [4.69, 9.17) is 31.5 Å². The number of benzene rings is 3. The smallest absolute Gasteiger partial charge is 0.429 e. The molecule has 5 aromatic rings. The standard InChI is InChI=1S/C32H32ClN7O7/c1-2-3-11-29-34-30(33)28(18-41)38(29)17-22-12-14-25(15-13-22)26-9-4-5-10-27(26)31-35-37-39(36-31)21-46-32(42)45-19-23-7-6-8-24(16-23)20-47-40(43)44/h4-10,12-16,18,43-44H,2-3,11,17,19-21H2,1H3. The Labute approximate surface area is 274 Å². The maximum atomic E-state index is 12.2. The van der Waals surface area contributed by atoms with Gasteiger partial charge in [0.2, 0.25) is 12.6 Å². The van der Waals surface area contributed by atoms with E-state index in [1.165, 1.54) is 0 Å². The highest BCUT2D eigenvalue weighted by molar-refractivity contribution is 6.31. The number of aryl methyl sites for hydroxylation is 1. The Morgan fingerprint density at radius 3 is 2.43 bits per heavy atom. The average molecular weight is 662 g/mol. The zero-order valence-corrected chi connectivity index (χ0v) is 26.2. The molecule has 0 aliphatic rings. The summed E-state index contributed by atoms with van der Waals surface area (Å²) in [5.41, 5.74) is 5.16. The fraction of sp³-hybridized carbons (Fsp3) is 0.250. The second-order valence-electron chi connectivity index (χ2n) is 10.4. The lowest BCUT2D eigenvalue weighted by atomic mass is 9.98. The van der Waals surface area contributed by atoms with Gasteiger partial charge in [0.1, 0.15) is 18.1 Å². The van der Waals surface area contributed by atoms with Crippen molar-refractivity contribution in [3.8, 4) is 22.5 Å². The van der Waals surface area contributed by atoms with E-state index in [9.17, 15) is 9.59 Å². The van der Waals surface area contributed by atoms with Gasteiger partial charge >= 0.3 is 6.16 Å². The van der Waals surface area contributed by atoms with Crippen molar-refractivity contribution in [2.24, 2.45) is 0 Å². The molecule has 15 heteroatoms. The molecular weight excluding hydrogens is 630 g/mol. The van der Waals surface area contributed by atoms with Gasteiger partial charge in [-0.2, -0.15) is 0 Å². The lowest BCUT2D eigenvalue weighted by molar-refractivity contribution is -0.497. The van der Waals surface area contributed by atoms with Crippen LogP contribution < -0.4 is 0 Å². The van der Waals surface area contributed by atoms with Crippen LogP contribution in [-0.2, 0) is 47.2 Å². The van der Waals surface area contributed by atoms with E-state index >= 15 is 0 Å². The number of carbonyl (C=O) groups excluding carboxylic acids is 2. The minimum absolute atomic E-state index is 0.0782. The van der Waals surface area contributed by atoms with Crippen LogP contribution >= 0.6 is 11.6 Å². The fourth-order valence-corrected chi connectivity index (χ4v) is 5.08. The fourth-order valence-electron chi connectivity index (χ4n) is 4.84. The molecule has 0 aliphatic carbocycles. The highest BCUT2D eigenvalue weighted by Crippen LogP contribution is 2.30. The molecule has 0 saturated heterocycles. The number of carbonyl (C=O) groups is 2. The van der Waals surface area contributed by atoms with Crippen LogP contribution in [0.3, 0.4) is 0 Å². The van der Waals surface area contributed by atoms with Crippen molar-refractivity contribution in [2.45, 2.75) is 52.7 Å². The summed E-state index contributed by atoms with van der Waals surface area (Å²) in [6.07, 6.45) is 2.50. The van der Waals surface area contributed by atoms with Crippen LogP contribution in [0.5, 0.6) is 0 Å². The molecular formula is C32H32ClN7O7. The topological polar surface area (TPSA) is 167 Å². The van der Waals surface area contributed by atoms with Crippen LogP contribution in [0.15, 0.2) is 72.8 Å². The molecule has 3 aromatic carbocycles. The minimum atomic E-state index is -0.932. The third-order valence-corrected chi connectivity index (χ3v) is 7.40. The molecule has 0 bridgehead atoms. The summed E-state index contributed by atoms with van der Waals surface area (Å²) < 4.78 is 12.2. The molecule has 0 atom stereocenters. The van der Waals surface area contributed by atoms with Gasteiger partial charge in [-0.3, -0.25) is 15.2 Å². The number of hydrogen-bond acceptors (Lipinski definition) is 12. The van der Waals surface area contributed by atoms with Gasteiger partial charge in [0.05, 0.1) is 12.0 Å². The van der Waals surface area contributed by atoms with Gasteiger partial charge in [-0.15, -0.1) is 15.0 Å². The summed E-state index contributed by atoms with van der Waals surface area (Å²) in [5.74, 6) is 1.13. The molecule has 14 nitrogen and oxygen atoms in total. The summed E-state index contributed by atoms with van der Waals surface area (Å²) in [6, 6.07) is 22.4. The zero-order chi connectivity index (χ0) is 33.2. The minimum Gasteiger partial charge on any atom is -0.429 e. The number of unbranched alkanes of at least 4 members (excludes halogenated alkanes) is 1. The predicted octanol–water partition coefficient (Wildman–Crippen LogP) is 5.88. The van der Waals surface area contributed by atoms with Crippen LogP contribution in [0.1, 0.15) is 52.8 Å². The van der Waals surface area contributed by atoms with Crippen molar-refractivity contribution in [2.75, 3.05) is 0 Å². The first-order valence-corrected chi connectivity index (χ1v) is 15.1. The van der Waals surface area contributed by atoms with Crippen molar-refractivity contribution < 1.29 is 34.3 Å². The van der Waals surface area contributed by atoms with Crippen LogP contribution in [0.2, 0.25) is 5.15 Å². The number of hydrogen-bond donors (Lipinski definition) is 2. The van der Waals surface area contributed by atoms with Crippen LogP contribution in [0.25, 0.3) is 22.5 Å². The number of rotatable bonds is 15.